The highest BCUT2D eigenvalue weighted by molar-refractivity contribution is 5.94. The molecule has 0 spiro atoms. The molecule has 5 rings (SSSR count). The minimum Gasteiger partial charge on any atom is -0.337 e. The van der Waals surface area contributed by atoms with Gasteiger partial charge in [-0.2, -0.15) is 5.10 Å². The van der Waals surface area contributed by atoms with Crippen LogP contribution in [-0.4, -0.2) is 82.2 Å². The highest BCUT2D eigenvalue weighted by Crippen LogP contribution is 2.31. The van der Waals surface area contributed by atoms with Gasteiger partial charge < -0.3 is 14.7 Å². The molecule has 3 aliphatic rings. The molecule has 2 saturated heterocycles. The van der Waals surface area contributed by atoms with Gasteiger partial charge in [-0.25, -0.2) is 19.8 Å². The molecule has 0 aliphatic carbocycles. The number of hydrogen-bond donors (Lipinski definition) is 0. The predicted octanol–water partition coefficient (Wildman–Crippen LogP) is 2.92. The van der Waals surface area contributed by atoms with Crippen LogP contribution in [0.5, 0.6) is 0 Å². The summed E-state index contributed by atoms with van der Waals surface area (Å²) in [4.78, 5) is 40.8. The molecule has 1 aromatic carbocycles. The second-order valence-electron chi connectivity index (χ2n) is 9.42. The summed E-state index contributed by atoms with van der Waals surface area (Å²) in [7, 11) is 0. The molecule has 1 atom stereocenters. The van der Waals surface area contributed by atoms with Crippen LogP contribution in [0, 0.1) is 20.8 Å². The van der Waals surface area contributed by atoms with E-state index in [0.29, 0.717) is 37.8 Å². The molecule has 2 aromatic rings. The Bertz CT molecular complexity index is 1120. The highest BCUT2D eigenvalue weighted by Gasteiger charge is 2.34. The summed E-state index contributed by atoms with van der Waals surface area (Å²) in [6, 6.07) is 6.27. The molecule has 0 radical (unpaired) electrons. The Morgan fingerprint density at radius 3 is 2.26 bits per heavy atom. The van der Waals surface area contributed by atoms with Gasteiger partial charge in [0.2, 0.25) is 5.95 Å². The average Bonchev–Trinajstić information content (AvgIpc) is 3.27. The number of hydrogen-bond acceptors (Lipinski definition) is 6. The summed E-state index contributed by atoms with van der Waals surface area (Å²) in [5.41, 5.74) is 4.76. The Morgan fingerprint density at radius 1 is 0.912 bits per heavy atom. The van der Waals surface area contributed by atoms with E-state index in [1.165, 1.54) is 11.1 Å². The average molecular weight is 462 g/mol. The third kappa shape index (κ3) is 4.22. The van der Waals surface area contributed by atoms with Crippen LogP contribution in [0.2, 0.25) is 0 Å². The molecule has 9 nitrogen and oxygen atoms in total. The zero-order chi connectivity index (χ0) is 23.8. The number of rotatable bonds is 3. The number of nitrogens with zero attached hydrogens (tertiary/aromatic N) is 7. The number of hydrazone groups is 1. The number of aryl methyl sites for hydroxylation is 3. The lowest BCUT2D eigenvalue weighted by Gasteiger charge is -2.37. The van der Waals surface area contributed by atoms with Gasteiger partial charge in [-0.1, -0.05) is 29.3 Å². The fraction of sp³-hybridized carbons (Fsp3) is 0.480. The maximum Gasteiger partial charge on any atom is 0.341 e. The van der Waals surface area contributed by atoms with Crippen molar-refractivity contribution >= 4 is 24.1 Å². The number of benzene rings is 1. The zero-order valence-electron chi connectivity index (χ0n) is 20.1. The molecular weight excluding hydrogens is 430 g/mol. The quantitative estimate of drug-likeness (QED) is 0.702. The first-order chi connectivity index (χ1) is 16.4. The van der Waals surface area contributed by atoms with Gasteiger partial charge in [0.05, 0.1) is 6.04 Å². The van der Waals surface area contributed by atoms with Gasteiger partial charge in [-0.05, 0) is 38.3 Å². The SMILES string of the molecule is Cc1cc(C)cc(C2CC=NN2C(=O)N2CCN(c3ncc(C)c(C(=O)N4CCC4)n3)CC2)c1. The van der Waals surface area contributed by atoms with Crippen molar-refractivity contribution in [3.05, 3.63) is 52.3 Å². The second kappa shape index (κ2) is 9.04. The standard InChI is InChI=1S/C25H31N7O2/c1-17-13-18(2)15-20(14-17)21-5-6-27-32(21)25(34)31-11-9-30(10-12-31)24-26-16-19(3)22(28-24)23(33)29-7-4-8-29/h6,13-16,21H,4-5,7-12H2,1-3H3. The smallest absolute Gasteiger partial charge is 0.337 e. The Hall–Kier alpha value is -3.49. The predicted molar refractivity (Wildman–Crippen MR) is 130 cm³/mol. The minimum atomic E-state index is -0.0731. The van der Waals surface area contributed by atoms with Gasteiger partial charge in [-0.15, -0.1) is 0 Å². The van der Waals surface area contributed by atoms with Crippen LogP contribution in [0.4, 0.5) is 10.7 Å². The van der Waals surface area contributed by atoms with Gasteiger partial charge >= 0.3 is 6.03 Å². The number of aromatic nitrogens is 2. The number of piperazine rings is 1. The number of amides is 3. The van der Waals surface area contributed by atoms with Crippen molar-refractivity contribution in [3.8, 4) is 0 Å². The first kappa shape index (κ1) is 22.3. The van der Waals surface area contributed by atoms with Gasteiger partial charge in [0.15, 0.2) is 0 Å². The normalized spacial score (nSPS) is 20.0. The minimum absolute atomic E-state index is 0.0227. The van der Waals surface area contributed by atoms with Crippen molar-refractivity contribution in [2.24, 2.45) is 5.10 Å². The first-order valence-electron chi connectivity index (χ1n) is 12.0. The van der Waals surface area contributed by atoms with Crippen molar-refractivity contribution < 1.29 is 9.59 Å². The first-order valence-corrected chi connectivity index (χ1v) is 12.0. The molecule has 34 heavy (non-hydrogen) atoms. The Morgan fingerprint density at radius 2 is 1.62 bits per heavy atom. The summed E-state index contributed by atoms with van der Waals surface area (Å²) >= 11 is 0. The molecule has 3 aliphatic heterocycles. The van der Waals surface area contributed by atoms with E-state index in [1.54, 1.807) is 11.2 Å². The van der Waals surface area contributed by atoms with Crippen LogP contribution in [0.1, 0.15) is 51.6 Å². The molecule has 2 fully saturated rings. The van der Waals surface area contributed by atoms with Crippen LogP contribution in [0.3, 0.4) is 0 Å². The van der Waals surface area contributed by atoms with Crippen LogP contribution in [-0.2, 0) is 0 Å². The highest BCUT2D eigenvalue weighted by atomic mass is 16.2. The Balaban J connectivity index is 1.25. The molecule has 4 heterocycles. The third-order valence-electron chi connectivity index (χ3n) is 6.79. The van der Waals surface area contributed by atoms with E-state index in [-0.39, 0.29) is 18.0 Å². The van der Waals surface area contributed by atoms with Gasteiger partial charge in [0, 0.05) is 58.1 Å². The van der Waals surface area contributed by atoms with Crippen molar-refractivity contribution in [2.45, 2.75) is 39.7 Å². The van der Waals surface area contributed by atoms with Crippen LogP contribution >= 0.6 is 0 Å². The lowest BCUT2D eigenvalue weighted by molar-refractivity contribution is 0.0644. The maximum absolute atomic E-state index is 13.3. The summed E-state index contributed by atoms with van der Waals surface area (Å²) in [6.07, 6.45) is 5.32. The molecule has 0 N–H and O–H groups in total. The molecule has 178 valence electrons. The van der Waals surface area contributed by atoms with Crippen LogP contribution in [0.25, 0.3) is 0 Å². The Labute approximate surface area is 200 Å². The largest absolute Gasteiger partial charge is 0.341 e. The number of likely N-dealkylation sites (tertiary alicyclic amines) is 1. The van der Waals surface area contributed by atoms with E-state index >= 15 is 0 Å². The molecular formula is C25H31N7O2. The number of urea groups is 1. The van der Waals surface area contributed by atoms with Crippen LogP contribution < -0.4 is 4.90 Å². The third-order valence-corrected chi connectivity index (χ3v) is 6.79. The number of carbonyl (C=O) groups is 2. The van der Waals surface area contributed by atoms with Crippen LogP contribution in [0.15, 0.2) is 29.5 Å². The number of carbonyl (C=O) groups excluding carboxylic acids is 2. The fourth-order valence-corrected chi connectivity index (χ4v) is 4.79. The molecule has 1 unspecified atom stereocenters. The van der Waals surface area contributed by atoms with Crippen molar-refractivity contribution in [1.29, 1.82) is 0 Å². The molecule has 0 bridgehead atoms. The number of anilines is 1. The monoisotopic (exact) mass is 461 g/mol. The van der Waals surface area contributed by atoms with Gasteiger partial charge in [-0.3, -0.25) is 4.79 Å². The van der Waals surface area contributed by atoms with E-state index < -0.39 is 0 Å². The van der Waals surface area contributed by atoms with E-state index in [2.05, 4.69) is 47.1 Å². The van der Waals surface area contributed by atoms with E-state index in [9.17, 15) is 9.59 Å². The van der Waals surface area contributed by atoms with Gasteiger partial charge in [0.1, 0.15) is 5.69 Å². The molecule has 0 saturated carbocycles. The summed E-state index contributed by atoms with van der Waals surface area (Å²) in [6.45, 7) is 9.93. The molecule has 9 heteroatoms. The lowest BCUT2D eigenvalue weighted by atomic mass is 10.00. The Kier molecular flexibility index (Phi) is 5.93. The van der Waals surface area contributed by atoms with E-state index in [4.69, 9.17) is 0 Å². The second-order valence-corrected chi connectivity index (χ2v) is 9.42. The van der Waals surface area contributed by atoms with E-state index in [0.717, 1.165) is 37.1 Å². The van der Waals surface area contributed by atoms with Gasteiger partial charge in [0.25, 0.3) is 5.91 Å². The topological polar surface area (TPSA) is 85.2 Å². The fourth-order valence-electron chi connectivity index (χ4n) is 4.79. The van der Waals surface area contributed by atoms with E-state index in [1.807, 2.05) is 27.8 Å². The zero-order valence-corrected chi connectivity index (χ0v) is 20.1. The maximum atomic E-state index is 13.3. The summed E-state index contributed by atoms with van der Waals surface area (Å²) < 4.78 is 0. The van der Waals surface area contributed by atoms with Crippen molar-refractivity contribution in [2.75, 3.05) is 44.2 Å². The van der Waals surface area contributed by atoms with Crippen molar-refractivity contribution in [3.63, 3.8) is 0 Å². The lowest BCUT2D eigenvalue weighted by Crippen LogP contribution is -2.52. The molecule has 1 aromatic heterocycles. The summed E-state index contributed by atoms with van der Waals surface area (Å²) in [5.74, 6) is 0.527. The molecule has 3 amide bonds. The van der Waals surface area contributed by atoms with Crippen molar-refractivity contribution in [1.82, 2.24) is 24.8 Å². The summed E-state index contributed by atoms with van der Waals surface area (Å²) in [5, 5.41) is 6.03.